The van der Waals surface area contributed by atoms with E-state index in [1.165, 1.54) is 11.6 Å². The molecule has 4 aromatic rings. The molecule has 5 rings (SSSR count). The zero-order chi connectivity index (χ0) is 41.2. The molecule has 4 aromatic carbocycles. The van der Waals surface area contributed by atoms with Crippen molar-refractivity contribution in [3.63, 3.8) is 0 Å². The Morgan fingerprint density at radius 3 is 2.32 bits per heavy atom. The van der Waals surface area contributed by atoms with Crippen molar-refractivity contribution in [2.45, 2.75) is 91.7 Å². The van der Waals surface area contributed by atoms with Crippen molar-refractivity contribution in [2.75, 3.05) is 31.1 Å². The number of carbonyl (C=O) groups is 3. The van der Waals surface area contributed by atoms with E-state index in [0.29, 0.717) is 54.6 Å². The lowest BCUT2D eigenvalue weighted by Gasteiger charge is -2.31. The average molecular weight is 799 g/mol. The zero-order valence-electron chi connectivity index (χ0n) is 33.9. The number of nitrogens with zero attached hydrogens (tertiary/aromatic N) is 2. The first kappa shape index (κ1) is 43.4. The van der Waals surface area contributed by atoms with E-state index in [-0.39, 0.29) is 30.4 Å². The van der Waals surface area contributed by atoms with Gasteiger partial charge in [-0.15, -0.1) is 0 Å². The first-order chi connectivity index (χ1) is 27.1. The molecule has 304 valence electrons. The molecule has 0 bridgehead atoms. The minimum atomic E-state index is -1.13. The maximum absolute atomic E-state index is 14.4. The van der Waals surface area contributed by atoms with Gasteiger partial charge < -0.3 is 29.9 Å². The van der Waals surface area contributed by atoms with Crippen molar-refractivity contribution in [1.82, 2.24) is 15.5 Å². The highest BCUT2D eigenvalue weighted by atomic mass is 35.5. The Morgan fingerprint density at radius 2 is 1.60 bits per heavy atom. The molecule has 0 saturated heterocycles. The van der Waals surface area contributed by atoms with Gasteiger partial charge in [-0.2, -0.15) is 0 Å². The van der Waals surface area contributed by atoms with Gasteiger partial charge in [-0.05, 0) is 80.0 Å². The largest absolute Gasteiger partial charge is 0.444 e. The third-order valence-corrected chi connectivity index (χ3v) is 9.61. The van der Waals surface area contributed by atoms with E-state index in [9.17, 15) is 18.8 Å². The van der Waals surface area contributed by atoms with Crippen LogP contribution in [0.3, 0.4) is 0 Å². The van der Waals surface area contributed by atoms with Crippen LogP contribution in [0.2, 0.25) is 5.02 Å². The van der Waals surface area contributed by atoms with Crippen LogP contribution in [0.4, 0.5) is 14.9 Å². The van der Waals surface area contributed by atoms with Crippen molar-refractivity contribution < 1.29 is 28.2 Å². The van der Waals surface area contributed by atoms with Crippen LogP contribution >= 0.6 is 11.6 Å². The van der Waals surface area contributed by atoms with Crippen molar-refractivity contribution in [1.29, 1.82) is 0 Å². The van der Waals surface area contributed by atoms with E-state index in [4.69, 9.17) is 21.1 Å². The molecule has 0 aliphatic carbocycles. The number of benzene rings is 4. The zero-order valence-corrected chi connectivity index (χ0v) is 34.7. The van der Waals surface area contributed by atoms with E-state index in [0.717, 1.165) is 24.0 Å². The number of rotatable bonds is 15. The van der Waals surface area contributed by atoms with Gasteiger partial charge >= 0.3 is 6.09 Å². The first-order valence-corrected chi connectivity index (χ1v) is 20.0. The Hall–Kier alpha value is -4.77. The fraction of sp³-hybridized carbons (Fsp3) is 0.413. The fourth-order valence-electron chi connectivity index (χ4n) is 6.73. The summed E-state index contributed by atoms with van der Waals surface area (Å²) in [6, 6.07) is 29.8. The Bertz CT molecular complexity index is 1980. The molecule has 2 N–H and O–H groups in total. The van der Waals surface area contributed by atoms with E-state index in [2.05, 4.69) is 22.8 Å². The van der Waals surface area contributed by atoms with Crippen molar-refractivity contribution in [3.8, 4) is 0 Å². The maximum Gasteiger partial charge on any atom is 0.410 e. The van der Waals surface area contributed by atoms with Crippen LogP contribution in [0.15, 0.2) is 97.1 Å². The lowest BCUT2D eigenvalue weighted by Crippen LogP contribution is -2.45. The number of fused-ring (bicyclic) bond motifs is 1. The van der Waals surface area contributed by atoms with Gasteiger partial charge in [-0.1, -0.05) is 105 Å². The highest BCUT2D eigenvalue weighted by Crippen LogP contribution is 2.41. The molecule has 0 radical (unpaired) electrons. The van der Waals surface area contributed by atoms with E-state index in [1.54, 1.807) is 34.1 Å². The molecule has 0 aromatic heterocycles. The quantitative estimate of drug-likeness (QED) is 0.117. The SMILES string of the molecule is CC(C)(C)CN1C(=O)C(CC(=O)NCc2ccccc2F)OC(c2cccc(CNCCN(CCCc3ccccc3)C(=O)OC(C)(C)C)c2)c2cc(Cl)ccc21. The molecule has 0 saturated carbocycles. The van der Waals surface area contributed by atoms with Gasteiger partial charge in [0.05, 0.1) is 6.42 Å². The number of carbonyl (C=O) groups excluding carboxylic acids is 3. The van der Waals surface area contributed by atoms with E-state index >= 15 is 0 Å². The average Bonchev–Trinajstić information content (AvgIpc) is 3.25. The minimum Gasteiger partial charge on any atom is -0.444 e. The van der Waals surface area contributed by atoms with Crippen molar-refractivity contribution in [3.05, 3.63) is 136 Å². The van der Waals surface area contributed by atoms with Crippen LogP contribution in [-0.4, -0.2) is 60.7 Å². The van der Waals surface area contributed by atoms with E-state index < -0.39 is 29.5 Å². The Balaban J connectivity index is 1.33. The summed E-state index contributed by atoms with van der Waals surface area (Å²) in [7, 11) is 0. The second kappa shape index (κ2) is 19.6. The van der Waals surface area contributed by atoms with Crippen LogP contribution in [0, 0.1) is 11.2 Å². The Kier molecular flexibility index (Phi) is 14.9. The van der Waals surface area contributed by atoms with E-state index in [1.807, 2.05) is 96.1 Å². The standard InChI is InChI=1S/C46H56ClFN4O5/c1-45(2,3)31-52-39-22-21-36(47)27-37(39)42(56-40(43(52)54)28-41(53)50-30-35-18-10-11-20-38(35)48)34-19-12-16-33(26-34)29-49-23-25-51(44(55)57-46(4,5)6)24-13-17-32-14-8-7-9-15-32/h7-12,14-16,18-22,26-27,40,42,49H,13,17,23-25,28-31H2,1-6H3,(H,50,53). The Morgan fingerprint density at radius 1 is 0.877 bits per heavy atom. The molecule has 1 heterocycles. The predicted molar refractivity (Wildman–Crippen MR) is 224 cm³/mol. The van der Waals surface area contributed by atoms with Gasteiger partial charge in [0.25, 0.3) is 5.91 Å². The summed E-state index contributed by atoms with van der Waals surface area (Å²) in [5.74, 6) is -1.20. The predicted octanol–water partition coefficient (Wildman–Crippen LogP) is 9.01. The summed E-state index contributed by atoms with van der Waals surface area (Å²) in [4.78, 5) is 44.3. The molecule has 0 spiro atoms. The molecule has 2 unspecified atom stereocenters. The summed E-state index contributed by atoms with van der Waals surface area (Å²) >= 11 is 6.59. The van der Waals surface area contributed by atoms with Crippen molar-refractivity contribution in [2.24, 2.45) is 5.41 Å². The number of halogens is 2. The van der Waals surface area contributed by atoms with Gasteiger partial charge in [0, 0.05) is 61.1 Å². The van der Waals surface area contributed by atoms with Gasteiger partial charge in [0.1, 0.15) is 23.6 Å². The number of amides is 3. The number of anilines is 1. The van der Waals surface area contributed by atoms with Crippen LogP contribution in [0.25, 0.3) is 0 Å². The molecule has 2 atom stereocenters. The summed E-state index contributed by atoms with van der Waals surface area (Å²) < 4.78 is 26.7. The molecule has 3 amide bonds. The normalized spacial score (nSPS) is 15.8. The number of nitrogens with one attached hydrogen (secondary N) is 2. The van der Waals surface area contributed by atoms with Crippen LogP contribution < -0.4 is 15.5 Å². The Labute approximate surface area is 341 Å². The number of aryl methyl sites for hydroxylation is 1. The number of hydrogen-bond acceptors (Lipinski definition) is 6. The van der Waals surface area contributed by atoms with Gasteiger partial charge in [0.15, 0.2) is 0 Å². The molecule has 1 aliphatic rings. The topological polar surface area (TPSA) is 100 Å². The van der Waals surface area contributed by atoms with Gasteiger partial charge in [0.2, 0.25) is 5.91 Å². The van der Waals surface area contributed by atoms with Crippen LogP contribution in [0.5, 0.6) is 0 Å². The lowest BCUT2D eigenvalue weighted by atomic mass is 9.94. The molecule has 0 fully saturated rings. The van der Waals surface area contributed by atoms with Crippen molar-refractivity contribution >= 4 is 35.2 Å². The lowest BCUT2D eigenvalue weighted by molar-refractivity contribution is -0.138. The van der Waals surface area contributed by atoms with Gasteiger partial charge in [-0.3, -0.25) is 9.59 Å². The second-order valence-electron chi connectivity index (χ2n) is 16.7. The number of ether oxygens (including phenoxy) is 2. The molecular weight excluding hydrogens is 743 g/mol. The smallest absolute Gasteiger partial charge is 0.410 e. The molecule has 1 aliphatic heterocycles. The highest BCUT2D eigenvalue weighted by Gasteiger charge is 2.39. The highest BCUT2D eigenvalue weighted by molar-refractivity contribution is 6.30. The fourth-order valence-corrected chi connectivity index (χ4v) is 6.91. The first-order valence-electron chi connectivity index (χ1n) is 19.6. The summed E-state index contributed by atoms with van der Waals surface area (Å²) in [6.45, 7) is 14.2. The molecule has 11 heteroatoms. The van der Waals surface area contributed by atoms with Crippen LogP contribution in [0.1, 0.15) is 88.3 Å². The third-order valence-electron chi connectivity index (χ3n) is 9.37. The second-order valence-corrected chi connectivity index (χ2v) is 17.2. The number of hydrogen-bond donors (Lipinski definition) is 2. The summed E-state index contributed by atoms with van der Waals surface area (Å²) in [5, 5.41) is 6.74. The molecular formula is C46H56ClFN4O5. The summed E-state index contributed by atoms with van der Waals surface area (Å²) in [6.07, 6.45) is -0.797. The molecule has 9 nitrogen and oxygen atoms in total. The monoisotopic (exact) mass is 798 g/mol. The summed E-state index contributed by atoms with van der Waals surface area (Å²) in [5.41, 5.74) is 3.81. The maximum atomic E-state index is 14.4. The molecule has 57 heavy (non-hydrogen) atoms. The van der Waals surface area contributed by atoms with Crippen LogP contribution in [-0.2, 0) is 38.6 Å². The minimum absolute atomic E-state index is 0.0182. The third kappa shape index (κ3) is 13.1. The van der Waals surface area contributed by atoms with Gasteiger partial charge in [-0.25, -0.2) is 9.18 Å².